The van der Waals surface area contributed by atoms with Gasteiger partial charge in [0.2, 0.25) is 0 Å². The highest BCUT2D eigenvalue weighted by atomic mass is 19.4. The molecule has 0 saturated carbocycles. The van der Waals surface area contributed by atoms with Crippen LogP contribution in [0.15, 0.2) is 47.3 Å². The van der Waals surface area contributed by atoms with E-state index in [-0.39, 0.29) is 36.5 Å². The lowest BCUT2D eigenvalue weighted by Crippen LogP contribution is -2.36. The number of nitrogens with zero attached hydrogens (tertiary/aromatic N) is 2. The Morgan fingerprint density at radius 3 is 2.30 bits per heavy atom. The smallest absolute Gasteiger partial charge is 0.306 e. The van der Waals surface area contributed by atoms with Crippen molar-refractivity contribution in [2.24, 2.45) is 0 Å². The van der Waals surface area contributed by atoms with Crippen molar-refractivity contribution in [3.63, 3.8) is 0 Å². The van der Waals surface area contributed by atoms with Gasteiger partial charge in [0.05, 0.1) is 22.4 Å². The summed E-state index contributed by atoms with van der Waals surface area (Å²) in [5.41, 5.74) is -1.54. The van der Waals surface area contributed by atoms with Gasteiger partial charge in [0.1, 0.15) is 11.6 Å². The number of aromatic amines is 1. The lowest BCUT2D eigenvalue weighted by atomic mass is 10.0. The van der Waals surface area contributed by atoms with Gasteiger partial charge >= 0.3 is 12.4 Å². The van der Waals surface area contributed by atoms with E-state index in [9.17, 15) is 35.5 Å². The number of rotatable bonds is 3. The van der Waals surface area contributed by atoms with Crippen LogP contribution in [0.5, 0.6) is 0 Å². The first-order valence-corrected chi connectivity index (χ1v) is 9.79. The van der Waals surface area contributed by atoms with Crippen LogP contribution < -0.4 is 5.56 Å². The summed E-state index contributed by atoms with van der Waals surface area (Å²) in [5, 5.41) is 0. The molecule has 1 aromatic heterocycles. The number of hydrogen-bond acceptors (Lipinski definition) is 3. The summed E-state index contributed by atoms with van der Waals surface area (Å²) in [4.78, 5) is 21.1. The molecule has 0 aliphatic carbocycles. The van der Waals surface area contributed by atoms with Crippen molar-refractivity contribution >= 4 is 0 Å². The number of benzene rings is 2. The number of halogens is 7. The third-order valence-electron chi connectivity index (χ3n) is 5.40. The quantitative estimate of drug-likeness (QED) is 0.537. The molecule has 2 aromatic carbocycles. The van der Waals surface area contributed by atoms with Gasteiger partial charge in [0.15, 0.2) is 0 Å². The average molecular weight is 471 g/mol. The van der Waals surface area contributed by atoms with E-state index in [1.807, 2.05) is 0 Å². The zero-order valence-corrected chi connectivity index (χ0v) is 16.8. The molecule has 1 aliphatic rings. The molecule has 2 heterocycles. The molecule has 4 nitrogen and oxygen atoms in total. The van der Waals surface area contributed by atoms with Crippen molar-refractivity contribution in [2.75, 3.05) is 6.54 Å². The zero-order valence-electron chi connectivity index (χ0n) is 16.8. The van der Waals surface area contributed by atoms with E-state index in [1.165, 1.54) is 12.1 Å². The third-order valence-corrected chi connectivity index (χ3v) is 5.40. The van der Waals surface area contributed by atoms with E-state index in [2.05, 4.69) is 9.97 Å². The molecule has 3 aromatic rings. The van der Waals surface area contributed by atoms with Gasteiger partial charge in [0.25, 0.3) is 5.56 Å². The first-order valence-electron chi connectivity index (χ1n) is 9.79. The Morgan fingerprint density at radius 1 is 0.970 bits per heavy atom. The molecule has 0 fully saturated rings. The number of nitrogens with one attached hydrogen (secondary N) is 1. The van der Waals surface area contributed by atoms with Gasteiger partial charge in [-0.2, -0.15) is 26.3 Å². The molecule has 0 saturated heterocycles. The second kappa shape index (κ2) is 8.29. The topological polar surface area (TPSA) is 49.0 Å². The number of H-pyrrole nitrogens is 1. The molecule has 0 amide bonds. The second-order valence-electron chi connectivity index (χ2n) is 7.67. The Labute approximate surface area is 182 Å². The van der Waals surface area contributed by atoms with E-state index >= 15 is 0 Å². The summed E-state index contributed by atoms with van der Waals surface area (Å²) in [6.07, 6.45) is -8.95. The maximum absolute atomic E-state index is 13.3. The van der Waals surface area contributed by atoms with Crippen molar-refractivity contribution in [3.05, 3.63) is 86.6 Å². The van der Waals surface area contributed by atoms with Crippen LogP contribution >= 0.6 is 0 Å². The van der Waals surface area contributed by atoms with Crippen LogP contribution in [0.4, 0.5) is 30.7 Å². The first kappa shape index (κ1) is 23.0. The van der Waals surface area contributed by atoms with Gasteiger partial charge in [-0.1, -0.05) is 18.2 Å². The molecule has 1 aliphatic heterocycles. The predicted octanol–water partition coefficient (Wildman–Crippen LogP) is 5.17. The van der Waals surface area contributed by atoms with Gasteiger partial charge < -0.3 is 4.98 Å². The van der Waals surface area contributed by atoms with Crippen LogP contribution in [-0.2, 0) is 31.9 Å². The van der Waals surface area contributed by atoms with E-state index in [0.717, 1.165) is 24.3 Å². The van der Waals surface area contributed by atoms with Crippen molar-refractivity contribution in [2.45, 2.75) is 31.9 Å². The predicted molar refractivity (Wildman–Crippen MR) is 105 cm³/mol. The Morgan fingerprint density at radius 2 is 1.67 bits per heavy atom. The van der Waals surface area contributed by atoms with Gasteiger partial charge in [-0.25, -0.2) is 9.37 Å². The summed E-state index contributed by atoms with van der Waals surface area (Å²) in [7, 11) is 0. The lowest BCUT2D eigenvalue weighted by Gasteiger charge is -2.28. The van der Waals surface area contributed by atoms with Gasteiger partial charge in [0, 0.05) is 31.6 Å². The number of hydrogen-bond donors (Lipinski definition) is 1. The molecular weight excluding hydrogens is 455 g/mol. The summed E-state index contributed by atoms with van der Waals surface area (Å²) < 4.78 is 91.4. The van der Waals surface area contributed by atoms with Gasteiger partial charge in [-0.3, -0.25) is 9.69 Å². The third kappa shape index (κ3) is 4.92. The fourth-order valence-electron chi connectivity index (χ4n) is 3.76. The van der Waals surface area contributed by atoms with Gasteiger partial charge in [-0.15, -0.1) is 0 Å². The van der Waals surface area contributed by atoms with E-state index in [4.69, 9.17) is 0 Å². The molecule has 0 unspecified atom stereocenters. The van der Waals surface area contributed by atoms with Crippen molar-refractivity contribution in [1.82, 2.24) is 14.9 Å². The summed E-state index contributed by atoms with van der Waals surface area (Å²) >= 11 is 0. The zero-order chi connectivity index (χ0) is 24.0. The maximum atomic E-state index is 13.3. The summed E-state index contributed by atoms with van der Waals surface area (Å²) in [6, 6.07) is 6.65. The highest BCUT2D eigenvalue weighted by Gasteiger charge is 2.34. The minimum absolute atomic E-state index is 0.0274. The SMILES string of the molecule is O=c1[nH]c(-c2ccc(C(F)(F)F)cc2)nc2c1CN(Cc1ccc(F)cc1C(F)(F)F)CC2. The molecule has 4 rings (SSSR count). The van der Waals surface area contributed by atoms with Crippen LogP contribution in [0.1, 0.15) is 27.9 Å². The van der Waals surface area contributed by atoms with Crippen LogP contribution in [-0.4, -0.2) is 21.4 Å². The summed E-state index contributed by atoms with van der Waals surface area (Å²) in [6.45, 7) is 0.179. The average Bonchev–Trinajstić information content (AvgIpc) is 2.74. The first-order chi connectivity index (χ1) is 15.4. The van der Waals surface area contributed by atoms with Crippen LogP contribution in [0.25, 0.3) is 11.4 Å². The minimum atomic E-state index is -4.72. The molecule has 0 radical (unpaired) electrons. The Hall–Kier alpha value is -3.21. The van der Waals surface area contributed by atoms with Crippen LogP contribution in [0.3, 0.4) is 0 Å². The normalized spacial score (nSPS) is 14.9. The fraction of sp³-hybridized carbons (Fsp3) is 0.273. The van der Waals surface area contributed by atoms with Crippen molar-refractivity contribution < 1.29 is 30.7 Å². The van der Waals surface area contributed by atoms with E-state index in [1.54, 1.807) is 4.90 Å². The van der Waals surface area contributed by atoms with Crippen molar-refractivity contribution in [3.8, 4) is 11.4 Å². The number of fused-ring (bicyclic) bond motifs is 1. The number of alkyl halides is 6. The maximum Gasteiger partial charge on any atom is 0.416 e. The van der Waals surface area contributed by atoms with Gasteiger partial charge in [-0.05, 0) is 29.8 Å². The molecule has 33 heavy (non-hydrogen) atoms. The Kier molecular flexibility index (Phi) is 5.77. The minimum Gasteiger partial charge on any atom is -0.306 e. The lowest BCUT2D eigenvalue weighted by molar-refractivity contribution is -0.139. The number of aromatic nitrogens is 2. The fourth-order valence-corrected chi connectivity index (χ4v) is 3.76. The molecular formula is C22H16F7N3O. The monoisotopic (exact) mass is 471 g/mol. The highest BCUT2D eigenvalue weighted by Crippen LogP contribution is 2.34. The van der Waals surface area contributed by atoms with Crippen molar-refractivity contribution in [1.29, 1.82) is 0 Å². The second-order valence-corrected chi connectivity index (χ2v) is 7.67. The molecule has 0 bridgehead atoms. The Balaban J connectivity index is 1.57. The van der Waals surface area contributed by atoms with E-state index in [0.29, 0.717) is 23.9 Å². The molecule has 1 N–H and O–H groups in total. The molecule has 0 spiro atoms. The molecule has 0 atom stereocenters. The van der Waals surface area contributed by atoms with Crippen LogP contribution in [0.2, 0.25) is 0 Å². The standard InChI is InChI=1S/C22H16F7N3O/c23-15-6-3-13(17(9-15)22(27,28)29)10-32-8-7-18-16(11-32)20(33)31-19(30-18)12-1-4-14(5-2-12)21(24,25)26/h1-6,9H,7-8,10-11H2,(H,30,31,33). The van der Waals surface area contributed by atoms with Crippen LogP contribution in [0, 0.1) is 5.82 Å². The molecule has 174 valence electrons. The highest BCUT2D eigenvalue weighted by molar-refractivity contribution is 5.56. The Bertz CT molecular complexity index is 1230. The molecule has 11 heteroatoms. The van der Waals surface area contributed by atoms with E-state index < -0.39 is 34.9 Å². The largest absolute Gasteiger partial charge is 0.416 e. The summed E-state index contributed by atoms with van der Waals surface area (Å²) in [5.74, 6) is -0.884.